The predicted molar refractivity (Wildman–Crippen MR) is 112 cm³/mol. The number of nitrogens with zero attached hydrogens (tertiary/aromatic N) is 3. The molecule has 152 valence electrons. The van der Waals surface area contributed by atoms with Gasteiger partial charge >= 0.3 is 6.11 Å². The summed E-state index contributed by atoms with van der Waals surface area (Å²) < 4.78 is 33.9. The molecule has 30 heavy (non-hydrogen) atoms. The third-order valence-electron chi connectivity index (χ3n) is 4.56. The van der Waals surface area contributed by atoms with E-state index in [9.17, 15) is 8.78 Å². The first-order chi connectivity index (χ1) is 14.4. The maximum atomic E-state index is 14.4. The lowest BCUT2D eigenvalue weighted by atomic mass is 10.1. The molecule has 0 saturated carbocycles. The Hall–Kier alpha value is -3.61. The van der Waals surface area contributed by atoms with Crippen LogP contribution in [0.15, 0.2) is 73.1 Å². The van der Waals surface area contributed by atoms with E-state index in [1.54, 1.807) is 30.3 Å². The molecule has 5 nitrogen and oxygen atoms in total. The number of pyridine rings is 1. The summed E-state index contributed by atoms with van der Waals surface area (Å²) in [6.07, 6.45) is -2.02. The van der Waals surface area contributed by atoms with Crippen LogP contribution in [0.1, 0.15) is 31.0 Å². The van der Waals surface area contributed by atoms with Crippen molar-refractivity contribution < 1.29 is 13.5 Å². The lowest BCUT2D eigenvalue weighted by molar-refractivity contribution is -0.185. The van der Waals surface area contributed by atoms with Gasteiger partial charge in [-0.2, -0.15) is 8.78 Å². The molecule has 1 N–H and O–H groups in total. The van der Waals surface area contributed by atoms with Gasteiger partial charge in [-0.3, -0.25) is 0 Å². The van der Waals surface area contributed by atoms with E-state index in [0.29, 0.717) is 17.2 Å². The summed E-state index contributed by atoms with van der Waals surface area (Å²) in [5.41, 5.74) is 1.86. The Balaban J connectivity index is 1.59. The van der Waals surface area contributed by atoms with Crippen molar-refractivity contribution in [3.63, 3.8) is 0 Å². The highest BCUT2D eigenvalue weighted by Gasteiger charge is 2.34. The molecule has 0 aliphatic rings. The first kappa shape index (κ1) is 19.7. The normalized spacial score (nSPS) is 11.6. The zero-order valence-corrected chi connectivity index (χ0v) is 16.5. The molecule has 0 saturated heterocycles. The molecule has 4 rings (SSSR count). The highest BCUT2D eigenvalue weighted by Crippen LogP contribution is 2.33. The van der Waals surface area contributed by atoms with Crippen LogP contribution in [0.25, 0.3) is 11.0 Å². The second-order valence-corrected chi connectivity index (χ2v) is 7.12. The zero-order chi connectivity index (χ0) is 21.1. The number of aromatic nitrogens is 3. The number of halogens is 2. The number of nitrogens with one attached hydrogen (secondary N) is 1. The Morgan fingerprint density at radius 1 is 0.933 bits per heavy atom. The molecule has 2 aromatic heterocycles. The van der Waals surface area contributed by atoms with Gasteiger partial charge in [0, 0.05) is 17.4 Å². The van der Waals surface area contributed by atoms with Crippen molar-refractivity contribution >= 4 is 22.5 Å². The van der Waals surface area contributed by atoms with Gasteiger partial charge < -0.3 is 10.1 Å². The van der Waals surface area contributed by atoms with Crippen molar-refractivity contribution in [1.29, 1.82) is 0 Å². The van der Waals surface area contributed by atoms with Crippen LogP contribution in [0.3, 0.4) is 0 Å². The van der Waals surface area contributed by atoms with Gasteiger partial charge in [-0.1, -0.05) is 38.1 Å². The van der Waals surface area contributed by atoms with E-state index >= 15 is 0 Å². The van der Waals surface area contributed by atoms with Gasteiger partial charge in [-0.25, -0.2) is 15.0 Å². The summed E-state index contributed by atoms with van der Waals surface area (Å²) in [5, 5.41) is 3.88. The summed E-state index contributed by atoms with van der Waals surface area (Å²) in [5.74, 6) is 0.850. The fourth-order valence-electron chi connectivity index (χ4n) is 2.99. The number of fused-ring (bicyclic) bond motifs is 1. The summed E-state index contributed by atoms with van der Waals surface area (Å²) in [6.45, 7) is 4.12. The number of hydrogen-bond acceptors (Lipinski definition) is 5. The van der Waals surface area contributed by atoms with Crippen molar-refractivity contribution in [1.82, 2.24) is 15.0 Å². The van der Waals surface area contributed by atoms with Crippen LogP contribution in [0.2, 0.25) is 0 Å². The first-order valence-electron chi connectivity index (χ1n) is 9.53. The van der Waals surface area contributed by atoms with Gasteiger partial charge in [0.05, 0.1) is 10.9 Å². The SMILES string of the molecule is CC(C)c1ccc2c(Nc3cccc(OC(F)(F)c4ccccc4)c3)ncnc2n1. The lowest BCUT2D eigenvalue weighted by Gasteiger charge is -2.19. The second-order valence-electron chi connectivity index (χ2n) is 7.12. The second kappa shape index (κ2) is 8.02. The van der Waals surface area contributed by atoms with Gasteiger partial charge in [-0.05, 0) is 42.3 Å². The fourth-order valence-corrected chi connectivity index (χ4v) is 2.99. The van der Waals surface area contributed by atoms with Gasteiger partial charge in [0.25, 0.3) is 0 Å². The Bertz CT molecular complexity index is 1170. The zero-order valence-electron chi connectivity index (χ0n) is 16.5. The van der Waals surface area contributed by atoms with Crippen LogP contribution in [-0.4, -0.2) is 15.0 Å². The standard InChI is InChI=1S/C23H20F2N4O/c1-15(2)20-12-11-19-21(26-14-27-22(19)29-20)28-17-9-6-10-18(13-17)30-23(24,25)16-7-4-3-5-8-16/h3-15H,1-2H3,(H,26,27,28,29). The average molecular weight is 406 g/mol. The minimum Gasteiger partial charge on any atom is -0.429 e. The minimum atomic E-state index is -3.45. The molecule has 0 radical (unpaired) electrons. The molecule has 7 heteroatoms. The molecule has 0 fully saturated rings. The van der Waals surface area contributed by atoms with Crippen molar-refractivity contribution in [2.45, 2.75) is 25.9 Å². The van der Waals surface area contributed by atoms with Crippen molar-refractivity contribution in [2.24, 2.45) is 0 Å². The number of anilines is 2. The summed E-state index contributed by atoms with van der Waals surface area (Å²) in [7, 11) is 0. The minimum absolute atomic E-state index is 0.0347. The summed E-state index contributed by atoms with van der Waals surface area (Å²) in [6, 6.07) is 17.6. The van der Waals surface area contributed by atoms with E-state index in [1.165, 1.54) is 30.6 Å². The largest absolute Gasteiger partial charge is 0.429 e. The van der Waals surface area contributed by atoms with Crippen LogP contribution in [0.5, 0.6) is 5.75 Å². The molecule has 0 aliphatic heterocycles. The van der Waals surface area contributed by atoms with E-state index in [1.807, 2.05) is 12.1 Å². The van der Waals surface area contributed by atoms with Crippen LogP contribution >= 0.6 is 0 Å². The Labute approximate surface area is 172 Å². The van der Waals surface area contributed by atoms with E-state index in [-0.39, 0.29) is 17.2 Å². The Morgan fingerprint density at radius 3 is 2.50 bits per heavy atom. The molecule has 4 aromatic rings. The molecular formula is C23H20F2N4O. The first-order valence-corrected chi connectivity index (χ1v) is 9.53. The Morgan fingerprint density at radius 2 is 1.73 bits per heavy atom. The monoisotopic (exact) mass is 406 g/mol. The maximum absolute atomic E-state index is 14.4. The topological polar surface area (TPSA) is 59.9 Å². The van der Waals surface area contributed by atoms with Crippen LogP contribution in [0.4, 0.5) is 20.3 Å². The van der Waals surface area contributed by atoms with Gasteiger partial charge in [0.15, 0.2) is 5.65 Å². The molecule has 0 amide bonds. The molecular weight excluding hydrogens is 386 g/mol. The molecule has 0 spiro atoms. The number of ether oxygens (including phenoxy) is 1. The maximum Gasteiger partial charge on any atom is 0.426 e. The van der Waals surface area contributed by atoms with Crippen LogP contribution in [0, 0.1) is 0 Å². The van der Waals surface area contributed by atoms with E-state index in [0.717, 1.165) is 11.1 Å². The molecule has 2 heterocycles. The van der Waals surface area contributed by atoms with Gasteiger partial charge in [-0.15, -0.1) is 0 Å². The third-order valence-corrected chi connectivity index (χ3v) is 4.56. The number of alkyl halides is 2. The molecule has 0 bridgehead atoms. The van der Waals surface area contributed by atoms with Gasteiger partial charge in [0.2, 0.25) is 0 Å². The van der Waals surface area contributed by atoms with Crippen molar-refractivity contribution in [3.05, 3.63) is 84.3 Å². The van der Waals surface area contributed by atoms with E-state index in [2.05, 4.69) is 34.1 Å². The highest BCUT2D eigenvalue weighted by molar-refractivity contribution is 5.88. The fraction of sp³-hybridized carbons (Fsp3) is 0.174. The molecule has 0 atom stereocenters. The highest BCUT2D eigenvalue weighted by atomic mass is 19.3. The molecule has 2 aromatic carbocycles. The average Bonchev–Trinajstić information content (AvgIpc) is 2.74. The smallest absolute Gasteiger partial charge is 0.426 e. The number of rotatable bonds is 6. The predicted octanol–water partition coefficient (Wildman–Crippen LogP) is 6.02. The van der Waals surface area contributed by atoms with Crippen molar-refractivity contribution in [3.8, 4) is 5.75 Å². The number of hydrogen-bond donors (Lipinski definition) is 1. The van der Waals surface area contributed by atoms with Crippen molar-refractivity contribution in [2.75, 3.05) is 5.32 Å². The number of benzene rings is 2. The molecule has 0 aliphatic carbocycles. The summed E-state index contributed by atoms with van der Waals surface area (Å²) >= 11 is 0. The Kier molecular flexibility index (Phi) is 5.27. The molecule has 0 unspecified atom stereocenters. The van der Waals surface area contributed by atoms with Crippen LogP contribution < -0.4 is 10.1 Å². The quantitative estimate of drug-likeness (QED) is 0.424. The third kappa shape index (κ3) is 4.20. The summed E-state index contributed by atoms with van der Waals surface area (Å²) in [4.78, 5) is 13.1. The van der Waals surface area contributed by atoms with E-state index in [4.69, 9.17) is 4.74 Å². The van der Waals surface area contributed by atoms with Gasteiger partial charge in [0.1, 0.15) is 17.9 Å². The van der Waals surface area contributed by atoms with E-state index < -0.39 is 6.11 Å². The lowest BCUT2D eigenvalue weighted by Crippen LogP contribution is -2.21. The van der Waals surface area contributed by atoms with Crippen LogP contribution in [-0.2, 0) is 6.11 Å².